The summed E-state index contributed by atoms with van der Waals surface area (Å²) in [6, 6.07) is 1.98. The number of carbonyl (C=O) groups is 1. The van der Waals surface area contributed by atoms with Crippen molar-refractivity contribution in [1.82, 2.24) is 24.6 Å². The third-order valence-corrected chi connectivity index (χ3v) is 4.65. The van der Waals surface area contributed by atoms with E-state index in [9.17, 15) is 4.79 Å². The van der Waals surface area contributed by atoms with Crippen molar-refractivity contribution in [1.29, 1.82) is 0 Å². The summed E-state index contributed by atoms with van der Waals surface area (Å²) < 4.78 is 7.94. The molecule has 0 saturated carbocycles. The Morgan fingerprint density at radius 2 is 2.21 bits per heavy atom. The van der Waals surface area contributed by atoms with Crippen LogP contribution in [0.5, 0.6) is 0 Å². The average Bonchev–Trinajstić information content (AvgIpc) is 3.19. The van der Waals surface area contributed by atoms with Gasteiger partial charge in [-0.05, 0) is 26.8 Å². The molecule has 130 valence electrons. The zero-order valence-electron chi connectivity index (χ0n) is 14.8. The van der Waals surface area contributed by atoms with E-state index in [1.807, 2.05) is 31.7 Å². The smallest absolute Gasteiger partial charge is 0.255 e. The van der Waals surface area contributed by atoms with Crippen molar-refractivity contribution in [3.63, 3.8) is 0 Å². The monoisotopic (exact) mass is 331 g/mol. The molecule has 1 atom stereocenters. The van der Waals surface area contributed by atoms with Crippen molar-refractivity contribution >= 4 is 5.91 Å². The maximum absolute atomic E-state index is 12.9. The van der Waals surface area contributed by atoms with Crippen LogP contribution >= 0.6 is 0 Å². The fraction of sp³-hybridized carbons (Fsp3) is 0.588. The van der Waals surface area contributed by atoms with Crippen LogP contribution in [0.3, 0.4) is 0 Å². The van der Waals surface area contributed by atoms with Gasteiger partial charge in [-0.1, -0.05) is 6.92 Å². The van der Waals surface area contributed by atoms with Gasteiger partial charge in [0.2, 0.25) is 0 Å². The van der Waals surface area contributed by atoms with Gasteiger partial charge in [-0.3, -0.25) is 9.89 Å². The Labute approximate surface area is 142 Å². The molecule has 7 heteroatoms. The molecule has 1 fully saturated rings. The molecule has 1 N–H and O–H groups in total. The van der Waals surface area contributed by atoms with Gasteiger partial charge in [0.25, 0.3) is 5.91 Å². The minimum Gasteiger partial charge on any atom is -0.366 e. The van der Waals surface area contributed by atoms with Gasteiger partial charge in [0.05, 0.1) is 18.7 Å². The van der Waals surface area contributed by atoms with Crippen molar-refractivity contribution < 1.29 is 9.53 Å². The van der Waals surface area contributed by atoms with E-state index in [-0.39, 0.29) is 12.0 Å². The molecule has 1 saturated heterocycles. The first-order valence-corrected chi connectivity index (χ1v) is 8.53. The molecule has 24 heavy (non-hydrogen) atoms. The second kappa shape index (κ2) is 6.76. The summed E-state index contributed by atoms with van der Waals surface area (Å²) >= 11 is 0. The number of aromatic nitrogens is 4. The largest absolute Gasteiger partial charge is 0.366 e. The highest BCUT2D eigenvalue weighted by Gasteiger charge is 2.30. The summed E-state index contributed by atoms with van der Waals surface area (Å²) in [7, 11) is 0. The molecule has 7 nitrogen and oxygen atoms in total. The highest BCUT2D eigenvalue weighted by atomic mass is 16.5. The van der Waals surface area contributed by atoms with Gasteiger partial charge >= 0.3 is 0 Å². The van der Waals surface area contributed by atoms with Crippen LogP contribution < -0.4 is 0 Å². The maximum atomic E-state index is 12.9. The lowest BCUT2D eigenvalue weighted by Crippen LogP contribution is -2.42. The number of aryl methyl sites for hydroxylation is 2. The molecule has 2 aromatic heterocycles. The van der Waals surface area contributed by atoms with E-state index in [4.69, 9.17) is 4.74 Å². The van der Waals surface area contributed by atoms with E-state index >= 15 is 0 Å². The zero-order chi connectivity index (χ0) is 17.3. The predicted octanol–water partition coefficient (Wildman–Crippen LogP) is 2.02. The SMILES string of the molecule is CCc1nc([C@@H]2CN(C(=O)c3cc(C)n(CC)c3C)CCO2)n[nH]1. The third kappa shape index (κ3) is 2.96. The van der Waals surface area contributed by atoms with E-state index in [0.29, 0.717) is 25.5 Å². The predicted molar refractivity (Wildman–Crippen MR) is 89.9 cm³/mol. The van der Waals surface area contributed by atoms with Crippen molar-refractivity contribution in [2.75, 3.05) is 19.7 Å². The number of ether oxygens (including phenoxy) is 1. The van der Waals surface area contributed by atoms with Gasteiger partial charge in [0, 0.05) is 30.9 Å². The molecule has 1 amide bonds. The third-order valence-electron chi connectivity index (χ3n) is 4.65. The lowest BCUT2D eigenvalue weighted by molar-refractivity contribution is -0.0267. The number of amides is 1. The summed E-state index contributed by atoms with van der Waals surface area (Å²) in [5, 5.41) is 7.13. The molecule has 1 aliphatic rings. The molecule has 3 rings (SSSR count). The van der Waals surface area contributed by atoms with Crippen molar-refractivity contribution in [3.8, 4) is 0 Å². The molecule has 2 aromatic rings. The second-order valence-corrected chi connectivity index (χ2v) is 6.13. The fourth-order valence-corrected chi connectivity index (χ4v) is 3.28. The second-order valence-electron chi connectivity index (χ2n) is 6.13. The Morgan fingerprint density at radius 3 is 2.83 bits per heavy atom. The first-order valence-electron chi connectivity index (χ1n) is 8.53. The van der Waals surface area contributed by atoms with E-state index < -0.39 is 0 Å². The van der Waals surface area contributed by atoms with E-state index in [0.717, 1.165) is 35.7 Å². The maximum Gasteiger partial charge on any atom is 0.255 e. The first-order chi connectivity index (χ1) is 11.5. The summed E-state index contributed by atoms with van der Waals surface area (Å²) in [5.74, 6) is 1.52. The van der Waals surface area contributed by atoms with Gasteiger partial charge in [-0.2, -0.15) is 5.10 Å². The number of hydrogen-bond donors (Lipinski definition) is 1. The van der Waals surface area contributed by atoms with Crippen molar-refractivity contribution in [2.45, 2.75) is 46.8 Å². The summed E-state index contributed by atoms with van der Waals surface area (Å²) in [4.78, 5) is 19.2. The first kappa shape index (κ1) is 16.7. The number of morpholine rings is 1. The van der Waals surface area contributed by atoms with Gasteiger partial charge in [0.1, 0.15) is 11.9 Å². The summed E-state index contributed by atoms with van der Waals surface area (Å²) in [5.41, 5.74) is 2.91. The standard InChI is InChI=1S/C17H25N5O2/c1-5-15-18-16(20-19-15)14-10-21(7-8-24-14)17(23)13-9-11(3)22(6-2)12(13)4/h9,14H,5-8,10H2,1-4H3,(H,18,19,20)/t14-/m0/s1. The quantitative estimate of drug-likeness (QED) is 0.930. The van der Waals surface area contributed by atoms with E-state index in [1.54, 1.807) is 0 Å². The molecule has 0 radical (unpaired) electrons. The van der Waals surface area contributed by atoms with Crippen molar-refractivity contribution in [2.24, 2.45) is 0 Å². The topological polar surface area (TPSA) is 76.0 Å². The number of H-pyrrole nitrogens is 1. The molecular formula is C17H25N5O2. The molecule has 1 aliphatic heterocycles. The number of nitrogens with one attached hydrogen (secondary N) is 1. The normalized spacial score (nSPS) is 18.2. The van der Waals surface area contributed by atoms with Crippen LogP contribution in [0.15, 0.2) is 6.07 Å². The Morgan fingerprint density at radius 1 is 1.42 bits per heavy atom. The Hall–Kier alpha value is -2.15. The average molecular weight is 331 g/mol. The van der Waals surface area contributed by atoms with Crippen LogP contribution in [0.25, 0.3) is 0 Å². The highest BCUT2D eigenvalue weighted by molar-refractivity contribution is 5.95. The molecule has 0 unspecified atom stereocenters. The van der Waals surface area contributed by atoms with Gasteiger partial charge in [-0.25, -0.2) is 4.98 Å². The van der Waals surface area contributed by atoms with E-state index in [2.05, 4.69) is 26.7 Å². The van der Waals surface area contributed by atoms with Crippen LogP contribution in [-0.4, -0.2) is 50.3 Å². The molecule has 0 spiro atoms. The number of carbonyl (C=O) groups excluding carboxylic acids is 1. The number of nitrogens with zero attached hydrogens (tertiary/aromatic N) is 4. The van der Waals surface area contributed by atoms with Crippen LogP contribution in [0.4, 0.5) is 0 Å². The lowest BCUT2D eigenvalue weighted by atomic mass is 10.2. The van der Waals surface area contributed by atoms with Crippen LogP contribution in [0.2, 0.25) is 0 Å². The molecular weight excluding hydrogens is 306 g/mol. The molecule has 0 aliphatic carbocycles. The fourth-order valence-electron chi connectivity index (χ4n) is 3.28. The minimum absolute atomic E-state index is 0.0577. The number of aromatic amines is 1. The molecule has 3 heterocycles. The zero-order valence-corrected chi connectivity index (χ0v) is 14.8. The molecule has 0 bridgehead atoms. The summed E-state index contributed by atoms with van der Waals surface area (Å²) in [6.45, 7) is 10.6. The van der Waals surface area contributed by atoms with Gasteiger partial charge < -0.3 is 14.2 Å². The highest BCUT2D eigenvalue weighted by Crippen LogP contribution is 2.23. The van der Waals surface area contributed by atoms with Crippen LogP contribution in [0.1, 0.15) is 53.3 Å². The van der Waals surface area contributed by atoms with Gasteiger partial charge in [0.15, 0.2) is 5.82 Å². The summed E-state index contributed by atoms with van der Waals surface area (Å²) in [6.07, 6.45) is 0.527. The van der Waals surface area contributed by atoms with Crippen LogP contribution in [0, 0.1) is 13.8 Å². The Bertz CT molecular complexity index is 733. The van der Waals surface area contributed by atoms with Crippen molar-refractivity contribution in [3.05, 3.63) is 34.7 Å². The lowest BCUT2D eigenvalue weighted by Gasteiger charge is -2.31. The number of rotatable bonds is 4. The Kier molecular flexibility index (Phi) is 4.71. The van der Waals surface area contributed by atoms with E-state index in [1.165, 1.54) is 0 Å². The van der Waals surface area contributed by atoms with Gasteiger partial charge in [-0.15, -0.1) is 0 Å². The minimum atomic E-state index is -0.270. The number of hydrogen-bond acceptors (Lipinski definition) is 4. The van der Waals surface area contributed by atoms with Crippen LogP contribution in [-0.2, 0) is 17.7 Å². The Balaban J connectivity index is 1.78. The molecule has 0 aromatic carbocycles.